The van der Waals surface area contributed by atoms with Gasteiger partial charge in [0.1, 0.15) is 0 Å². The van der Waals surface area contributed by atoms with Crippen molar-refractivity contribution in [3.8, 4) is 0 Å². The van der Waals surface area contributed by atoms with Crippen LogP contribution in [-0.2, 0) is 16.0 Å². The third kappa shape index (κ3) is 2.87. The predicted octanol–water partition coefficient (Wildman–Crippen LogP) is 2.35. The molecule has 1 aromatic carbocycles. The molecule has 1 aromatic rings. The van der Waals surface area contributed by atoms with Crippen molar-refractivity contribution in [2.75, 3.05) is 7.11 Å². The molecule has 2 heteroatoms. The molecule has 1 atom stereocenters. The fourth-order valence-electron chi connectivity index (χ4n) is 1.48. The molecule has 0 radical (unpaired) electrons. The van der Waals surface area contributed by atoms with Crippen molar-refractivity contribution in [2.24, 2.45) is 5.92 Å². The fourth-order valence-corrected chi connectivity index (χ4v) is 1.48. The first-order valence-corrected chi connectivity index (χ1v) is 4.77. The van der Waals surface area contributed by atoms with Gasteiger partial charge in [-0.25, -0.2) is 0 Å². The lowest BCUT2D eigenvalue weighted by atomic mass is 10.00. The monoisotopic (exact) mass is 192 g/mol. The van der Waals surface area contributed by atoms with Crippen molar-refractivity contribution in [2.45, 2.75) is 20.3 Å². The summed E-state index contributed by atoms with van der Waals surface area (Å²) >= 11 is 0. The van der Waals surface area contributed by atoms with Crippen molar-refractivity contribution < 1.29 is 9.53 Å². The van der Waals surface area contributed by atoms with E-state index in [0.29, 0.717) is 0 Å². The molecule has 0 saturated carbocycles. The Labute approximate surface area is 84.9 Å². The molecule has 0 amide bonds. The van der Waals surface area contributed by atoms with Crippen molar-refractivity contribution in [3.63, 3.8) is 0 Å². The molecule has 1 rings (SSSR count). The van der Waals surface area contributed by atoms with E-state index in [1.54, 1.807) is 0 Å². The zero-order chi connectivity index (χ0) is 10.6. The first-order chi connectivity index (χ1) is 6.63. The van der Waals surface area contributed by atoms with E-state index in [-0.39, 0.29) is 11.9 Å². The Morgan fingerprint density at radius 3 is 2.79 bits per heavy atom. The van der Waals surface area contributed by atoms with Gasteiger partial charge in [-0.3, -0.25) is 4.79 Å². The lowest BCUT2D eigenvalue weighted by Crippen LogP contribution is -2.15. The highest BCUT2D eigenvalue weighted by molar-refractivity contribution is 5.72. The average molecular weight is 192 g/mol. The van der Waals surface area contributed by atoms with E-state index in [9.17, 15) is 4.79 Å². The van der Waals surface area contributed by atoms with Crippen molar-refractivity contribution in [1.82, 2.24) is 0 Å². The molecule has 0 aliphatic rings. The molecule has 0 heterocycles. The Kier molecular flexibility index (Phi) is 3.69. The van der Waals surface area contributed by atoms with Gasteiger partial charge in [0.05, 0.1) is 13.0 Å². The number of carbonyl (C=O) groups is 1. The number of ether oxygens (including phenoxy) is 1. The van der Waals surface area contributed by atoms with E-state index >= 15 is 0 Å². The Balaban J connectivity index is 2.64. The number of hydrogen-bond donors (Lipinski definition) is 0. The van der Waals surface area contributed by atoms with Crippen LogP contribution in [0.25, 0.3) is 0 Å². The van der Waals surface area contributed by atoms with Gasteiger partial charge in [0.2, 0.25) is 0 Å². The summed E-state index contributed by atoms with van der Waals surface area (Å²) in [5.74, 6) is -0.215. The molecule has 0 aliphatic carbocycles. The molecule has 76 valence electrons. The Morgan fingerprint density at radius 1 is 1.50 bits per heavy atom. The summed E-state index contributed by atoms with van der Waals surface area (Å²) in [5, 5.41) is 0. The van der Waals surface area contributed by atoms with Crippen LogP contribution in [0.5, 0.6) is 0 Å². The summed E-state index contributed by atoms with van der Waals surface area (Å²) in [5.41, 5.74) is 2.41. The van der Waals surface area contributed by atoms with Gasteiger partial charge >= 0.3 is 5.97 Å². The molecule has 0 spiro atoms. The van der Waals surface area contributed by atoms with E-state index < -0.39 is 0 Å². The zero-order valence-corrected chi connectivity index (χ0v) is 8.91. The number of rotatable bonds is 3. The van der Waals surface area contributed by atoms with E-state index in [0.717, 1.165) is 6.42 Å². The van der Waals surface area contributed by atoms with Gasteiger partial charge in [-0.1, -0.05) is 36.8 Å². The molecule has 0 saturated heterocycles. The smallest absolute Gasteiger partial charge is 0.308 e. The number of esters is 1. The summed E-state index contributed by atoms with van der Waals surface area (Å²) < 4.78 is 4.68. The van der Waals surface area contributed by atoms with E-state index in [4.69, 9.17) is 0 Å². The second-order valence-corrected chi connectivity index (χ2v) is 3.62. The molecular formula is C12H16O2. The standard InChI is InChI=1S/C12H16O2/c1-9-5-4-6-11(7-9)8-10(2)12(13)14-3/h4-7,10H,8H2,1-3H3. The summed E-state index contributed by atoms with van der Waals surface area (Å²) in [7, 11) is 1.43. The molecule has 14 heavy (non-hydrogen) atoms. The SMILES string of the molecule is COC(=O)C(C)Cc1cccc(C)c1. The van der Waals surface area contributed by atoms with Gasteiger partial charge in [-0.15, -0.1) is 0 Å². The number of aryl methyl sites for hydroxylation is 1. The Hall–Kier alpha value is -1.31. The molecule has 2 nitrogen and oxygen atoms in total. The predicted molar refractivity (Wildman–Crippen MR) is 56.1 cm³/mol. The summed E-state index contributed by atoms with van der Waals surface area (Å²) in [6, 6.07) is 8.19. The van der Waals surface area contributed by atoms with Crippen LogP contribution >= 0.6 is 0 Å². The van der Waals surface area contributed by atoms with Gasteiger partial charge in [0.15, 0.2) is 0 Å². The van der Waals surface area contributed by atoms with Crippen LogP contribution in [0.1, 0.15) is 18.1 Å². The number of benzene rings is 1. The lowest BCUT2D eigenvalue weighted by molar-refractivity contribution is -0.144. The first-order valence-electron chi connectivity index (χ1n) is 4.77. The van der Waals surface area contributed by atoms with E-state index in [1.165, 1.54) is 18.2 Å². The maximum atomic E-state index is 11.2. The molecule has 0 aromatic heterocycles. The third-order valence-corrected chi connectivity index (χ3v) is 2.23. The Bertz CT molecular complexity index is 318. The summed E-state index contributed by atoms with van der Waals surface area (Å²) in [4.78, 5) is 11.2. The molecule has 0 N–H and O–H groups in total. The molecule has 1 unspecified atom stereocenters. The minimum atomic E-state index is -0.147. The highest BCUT2D eigenvalue weighted by atomic mass is 16.5. The van der Waals surface area contributed by atoms with Crippen LogP contribution in [0, 0.1) is 12.8 Å². The van der Waals surface area contributed by atoms with Gasteiger partial charge in [0.25, 0.3) is 0 Å². The molecule has 0 fully saturated rings. The van der Waals surface area contributed by atoms with Gasteiger partial charge in [-0.2, -0.15) is 0 Å². The van der Waals surface area contributed by atoms with Crippen LogP contribution in [0.15, 0.2) is 24.3 Å². The van der Waals surface area contributed by atoms with Gasteiger partial charge in [-0.05, 0) is 18.9 Å². The Morgan fingerprint density at radius 2 is 2.21 bits per heavy atom. The quantitative estimate of drug-likeness (QED) is 0.687. The topological polar surface area (TPSA) is 26.3 Å². The third-order valence-electron chi connectivity index (χ3n) is 2.23. The van der Waals surface area contributed by atoms with Gasteiger partial charge in [0, 0.05) is 0 Å². The van der Waals surface area contributed by atoms with Crippen LogP contribution < -0.4 is 0 Å². The second kappa shape index (κ2) is 4.80. The molecule has 0 bridgehead atoms. The highest BCUT2D eigenvalue weighted by Crippen LogP contribution is 2.11. The normalized spacial score (nSPS) is 12.2. The minimum Gasteiger partial charge on any atom is -0.469 e. The maximum Gasteiger partial charge on any atom is 0.308 e. The average Bonchev–Trinajstić information content (AvgIpc) is 2.16. The minimum absolute atomic E-state index is 0.0678. The largest absolute Gasteiger partial charge is 0.469 e. The van der Waals surface area contributed by atoms with Crippen LogP contribution in [-0.4, -0.2) is 13.1 Å². The molecule has 0 aliphatic heterocycles. The second-order valence-electron chi connectivity index (χ2n) is 3.62. The van der Waals surface area contributed by atoms with E-state index in [1.807, 2.05) is 32.0 Å². The molecular weight excluding hydrogens is 176 g/mol. The maximum absolute atomic E-state index is 11.2. The highest BCUT2D eigenvalue weighted by Gasteiger charge is 2.13. The number of carbonyl (C=O) groups excluding carboxylic acids is 1. The van der Waals surface area contributed by atoms with Crippen LogP contribution in [0.4, 0.5) is 0 Å². The van der Waals surface area contributed by atoms with Crippen LogP contribution in [0.2, 0.25) is 0 Å². The van der Waals surface area contributed by atoms with Crippen molar-refractivity contribution >= 4 is 5.97 Å². The van der Waals surface area contributed by atoms with Gasteiger partial charge < -0.3 is 4.74 Å². The van der Waals surface area contributed by atoms with Crippen molar-refractivity contribution in [3.05, 3.63) is 35.4 Å². The van der Waals surface area contributed by atoms with Crippen LogP contribution in [0.3, 0.4) is 0 Å². The lowest BCUT2D eigenvalue weighted by Gasteiger charge is -2.09. The first kappa shape index (κ1) is 10.8. The fraction of sp³-hybridized carbons (Fsp3) is 0.417. The zero-order valence-electron chi connectivity index (χ0n) is 8.91. The number of hydrogen-bond acceptors (Lipinski definition) is 2. The van der Waals surface area contributed by atoms with E-state index in [2.05, 4.69) is 10.8 Å². The van der Waals surface area contributed by atoms with Crippen molar-refractivity contribution in [1.29, 1.82) is 0 Å². The summed E-state index contributed by atoms with van der Waals surface area (Å²) in [6.45, 7) is 3.93. The summed E-state index contributed by atoms with van der Waals surface area (Å²) in [6.07, 6.45) is 0.744. The number of methoxy groups -OCH3 is 1.